The van der Waals surface area contributed by atoms with Gasteiger partial charge in [-0.3, -0.25) is 4.98 Å². The maximum absolute atomic E-state index is 10.8. The van der Waals surface area contributed by atoms with Crippen molar-refractivity contribution in [3.8, 4) is 11.5 Å². The van der Waals surface area contributed by atoms with E-state index in [2.05, 4.69) is 9.97 Å². The van der Waals surface area contributed by atoms with Crippen molar-refractivity contribution in [3.63, 3.8) is 0 Å². The lowest BCUT2D eigenvalue weighted by atomic mass is 10.3. The Hall–Kier alpha value is -2.17. The summed E-state index contributed by atoms with van der Waals surface area (Å²) in [6, 6.07) is 3.41. The number of aromatic carboxylic acids is 1. The Morgan fingerprint density at radius 2 is 2.33 bits per heavy atom. The van der Waals surface area contributed by atoms with Crippen LogP contribution in [0.1, 0.15) is 16.2 Å². The van der Waals surface area contributed by atoms with E-state index in [1.165, 1.54) is 12.5 Å². The van der Waals surface area contributed by atoms with Gasteiger partial charge in [0, 0.05) is 0 Å². The first-order chi connectivity index (χ1) is 7.18. The van der Waals surface area contributed by atoms with Gasteiger partial charge in [-0.2, -0.15) is 0 Å². The number of hydrogen-bond donors (Lipinski definition) is 1. The number of hydrogen-bond acceptors (Lipinski definition) is 4. The van der Waals surface area contributed by atoms with Crippen LogP contribution in [0, 0.1) is 6.92 Å². The van der Waals surface area contributed by atoms with Crippen LogP contribution < -0.4 is 0 Å². The molecular formula is C10H8N2O3. The zero-order valence-corrected chi connectivity index (χ0v) is 7.97. The van der Waals surface area contributed by atoms with E-state index < -0.39 is 5.97 Å². The molecule has 2 aromatic rings. The topological polar surface area (TPSA) is 76.2 Å². The Bertz CT molecular complexity index is 491. The fourth-order valence-electron chi connectivity index (χ4n) is 1.19. The summed E-state index contributed by atoms with van der Waals surface area (Å²) in [5.41, 5.74) is 0.754. The van der Waals surface area contributed by atoms with Gasteiger partial charge in [-0.15, -0.1) is 0 Å². The zero-order valence-electron chi connectivity index (χ0n) is 7.97. The van der Waals surface area contributed by atoms with Crippen LogP contribution in [0.4, 0.5) is 0 Å². The van der Waals surface area contributed by atoms with Crippen molar-refractivity contribution in [2.45, 2.75) is 6.92 Å². The van der Waals surface area contributed by atoms with Gasteiger partial charge >= 0.3 is 5.97 Å². The van der Waals surface area contributed by atoms with Gasteiger partial charge < -0.3 is 9.52 Å². The van der Waals surface area contributed by atoms with E-state index in [1.807, 2.05) is 0 Å². The number of carboxylic acid groups (broad SMARTS) is 1. The molecule has 0 saturated heterocycles. The summed E-state index contributed by atoms with van der Waals surface area (Å²) < 4.78 is 5.10. The summed E-state index contributed by atoms with van der Waals surface area (Å²) in [6.07, 6.45) is 2.98. The molecule has 2 rings (SSSR count). The highest BCUT2D eigenvalue weighted by molar-refractivity contribution is 5.87. The molecular weight excluding hydrogens is 196 g/mol. The Balaban J connectivity index is 2.52. The quantitative estimate of drug-likeness (QED) is 0.806. The maximum atomic E-state index is 10.8. The number of rotatable bonds is 2. The lowest BCUT2D eigenvalue weighted by Crippen LogP contribution is -2.05. The molecule has 1 N–H and O–H groups in total. The third-order valence-corrected chi connectivity index (χ3v) is 1.93. The molecule has 0 amide bonds. The minimum absolute atomic E-state index is 0.0519. The number of nitrogens with zero attached hydrogens (tertiary/aromatic N) is 2. The molecule has 0 unspecified atom stereocenters. The van der Waals surface area contributed by atoms with Crippen LogP contribution in [0.3, 0.4) is 0 Å². The van der Waals surface area contributed by atoms with Gasteiger partial charge in [0.25, 0.3) is 0 Å². The maximum Gasteiger partial charge on any atom is 0.356 e. The van der Waals surface area contributed by atoms with Crippen LogP contribution in [0.2, 0.25) is 0 Å². The summed E-state index contributed by atoms with van der Waals surface area (Å²) in [5.74, 6) is -0.585. The number of furan rings is 1. The van der Waals surface area contributed by atoms with Gasteiger partial charge in [0.15, 0.2) is 11.5 Å². The van der Waals surface area contributed by atoms with Gasteiger partial charge in [0.05, 0.1) is 18.2 Å². The number of carboxylic acids is 1. The standard InChI is InChI=1S/C10H8N2O3/c1-6-9(10(13)14)12-7(5-11-6)8-3-2-4-15-8/h2-5H,1H3,(H,13,14). The van der Waals surface area contributed by atoms with Crippen LogP contribution in [-0.2, 0) is 0 Å². The van der Waals surface area contributed by atoms with E-state index in [1.54, 1.807) is 19.1 Å². The van der Waals surface area contributed by atoms with Crippen molar-refractivity contribution in [2.75, 3.05) is 0 Å². The summed E-state index contributed by atoms with van der Waals surface area (Å²) >= 11 is 0. The largest absolute Gasteiger partial charge is 0.476 e. The van der Waals surface area contributed by atoms with Crippen LogP contribution in [0.5, 0.6) is 0 Å². The Morgan fingerprint density at radius 1 is 1.53 bits per heavy atom. The summed E-state index contributed by atoms with van der Waals surface area (Å²) in [5, 5.41) is 8.85. The first-order valence-electron chi connectivity index (χ1n) is 4.29. The van der Waals surface area contributed by atoms with Gasteiger partial charge in [0.2, 0.25) is 0 Å². The van der Waals surface area contributed by atoms with Crippen LogP contribution in [0.25, 0.3) is 11.5 Å². The van der Waals surface area contributed by atoms with Gasteiger partial charge in [-0.05, 0) is 19.1 Å². The van der Waals surface area contributed by atoms with Crippen molar-refractivity contribution in [1.82, 2.24) is 9.97 Å². The Labute approximate surface area is 85.4 Å². The molecule has 76 valence electrons. The van der Waals surface area contributed by atoms with Crippen molar-refractivity contribution < 1.29 is 14.3 Å². The second kappa shape index (κ2) is 3.53. The minimum Gasteiger partial charge on any atom is -0.476 e. The molecule has 0 fully saturated rings. The minimum atomic E-state index is -1.09. The van der Waals surface area contributed by atoms with E-state index in [0.717, 1.165) is 0 Å². The van der Waals surface area contributed by atoms with Crippen molar-refractivity contribution in [2.24, 2.45) is 0 Å². The van der Waals surface area contributed by atoms with Crippen molar-refractivity contribution in [3.05, 3.63) is 36.0 Å². The van der Waals surface area contributed by atoms with Crippen LogP contribution in [0.15, 0.2) is 29.0 Å². The fraction of sp³-hybridized carbons (Fsp3) is 0.100. The predicted octanol–water partition coefficient (Wildman–Crippen LogP) is 1.74. The number of aryl methyl sites for hydroxylation is 1. The zero-order chi connectivity index (χ0) is 10.8. The summed E-state index contributed by atoms with van der Waals surface area (Å²) in [7, 11) is 0. The molecule has 0 aliphatic carbocycles. The van der Waals surface area contributed by atoms with Gasteiger partial charge in [-0.25, -0.2) is 9.78 Å². The Kier molecular flexibility index (Phi) is 2.21. The van der Waals surface area contributed by atoms with E-state index >= 15 is 0 Å². The normalized spacial score (nSPS) is 10.2. The molecule has 0 atom stereocenters. The van der Waals surface area contributed by atoms with Crippen molar-refractivity contribution >= 4 is 5.97 Å². The van der Waals surface area contributed by atoms with Gasteiger partial charge in [0.1, 0.15) is 5.69 Å². The highest BCUT2D eigenvalue weighted by atomic mass is 16.4. The molecule has 5 nitrogen and oxygen atoms in total. The lowest BCUT2D eigenvalue weighted by molar-refractivity contribution is 0.0689. The third-order valence-electron chi connectivity index (χ3n) is 1.93. The lowest BCUT2D eigenvalue weighted by Gasteiger charge is -2.00. The molecule has 0 spiro atoms. The number of carbonyl (C=O) groups is 1. The molecule has 2 aromatic heterocycles. The average molecular weight is 204 g/mol. The average Bonchev–Trinajstić information content (AvgIpc) is 2.71. The van der Waals surface area contributed by atoms with E-state index in [4.69, 9.17) is 9.52 Å². The first kappa shape index (κ1) is 9.39. The van der Waals surface area contributed by atoms with Gasteiger partial charge in [-0.1, -0.05) is 0 Å². The predicted molar refractivity (Wildman–Crippen MR) is 51.4 cm³/mol. The Morgan fingerprint density at radius 3 is 2.93 bits per heavy atom. The second-order valence-corrected chi connectivity index (χ2v) is 2.97. The highest BCUT2D eigenvalue weighted by Gasteiger charge is 2.12. The molecule has 5 heteroatoms. The molecule has 15 heavy (non-hydrogen) atoms. The summed E-state index contributed by atoms with van der Waals surface area (Å²) in [6.45, 7) is 1.60. The smallest absolute Gasteiger partial charge is 0.356 e. The monoisotopic (exact) mass is 204 g/mol. The molecule has 0 radical (unpaired) electrons. The van der Waals surface area contributed by atoms with E-state index in [9.17, 15) is 4.79 Å². The fourth-order valence-corrected chi connectivity index (χ4v) is 1.19. The SMILES string of the molecule is Cc1ncc(-c2ccco2)nc1C(=O)O. The molecule has 0 aliphatic rings. The van der Waals surface area contributed by atoms with E-state index in [0.29, 0.717) is 17.1 Å². The summed E-state index contributed by atoms with van der Waals surface area (Å²) in [4.78, 5) is 18.7. The highest BCUT2D eigenvalue weighted by Crippen LogP contribution is 2.17. The number of aromatic nitrogens is 2. The molecule has 0 aromatic carbocycles. The molecule has 2 heterocycles. The second-order valence-electron chi connectivity index (χ2n) is 2.97. The third kappa shape index (κ3) is 1.71. The van der Waals surface area contributed by atoms with E-state index in [-0.39, 0.29) is 5.69 Å². The molecule has 0 aliphatic heterocycles. The first-order valence-corrected chi connectivity index (χ1v) is 4.29. The van der Waals surface area contributed by atoms with Crippen LogP contribution >= 0.6 is 0 Å². The van der Waals surface area contributed by atoms with Crippen molar-refractivity contribution in [1.29, 1.82) is 0 Å². The molecule has 0 bridgehead atoms. The van der Waals surface area contributed by atoms with Crippen LogP contribution in [-0.4, -0.2) is 21.0 Å². The molecule has 0 saturated carbocycles.